The number of amides is 2. The summed E-state index contributed by atoms with van der Waals surface area (Å²) in [5.74, 6) is -0.349. The van der Waals surface area contributed by atoms with E-state index in [2.05, 4.69) is 5.32 Å². The zero-order valence-electron chi connectivity index (χ0n) is 14.9. The van der Waals surface area contributed by atoms with Crippen molar-refractivity contribution in [3.8, 4) is 0 Å². The summed E-state index contributed by atoms with van der Waals surface area (Å²) < 4.78 is 5.05. The number of carbonyl (C=O) groups is 3. The lowest BCUT2D eigenvalue weighted by Gasteiger charge is -2.31. The number of benzene rings is 1. The quantitative estimate of drug-likeness (QED) is 0.804. The third kappa shape index (κ3) is 5.31. The second kappa shape index (κ2) is 9.20. The van der Waals surface area contributed by atoms with Gasteiger partial charge in [0.1, 0.15) is 0 Å². The molecule has 0 aliphatic carbocycles. The van der Waals surface area contributed by atoms with E-state index >= 15 is 0 Å². The van der Waals surface area contributed by atoms with E-state index in [1.807, 2.05) is 6.92 Å². The number of ether oxygens (including phenoxy) is 1. The molecule has 0 radical (unpaired) electrons. The van der Waals surface area contributed by atoms with Crippen LogP contribution in [-0.2, 0) is 14.3 Å². The summed E-state index contributed by atoms with van der Waals surface area (Å²) in [6.07, 6.45) is 2.55. The Labute approximate surface area is 148 Å². The highest BCUT2D eigenvalue weighted by Gasteiger charge is 2.28. The van der Waals surface area contributed by atoms with Gasteiger partial charge in [0, 0.05) is 30.8 Å². The predicted molar refractivity (Wildman–Crippen MR) is 95.2 cm³/mol. The van der Waals surface area contributed by atoms with Crippen molar-refractivity contribution in [1.82, 2.24) is 4.90 Å². The highest BCUT2D eigenvalue weighted by Crippen LogP contribution is 2.21. The minimum absolute atomic E-state index is 0.0254. The Morgan fingerprint density at radius 3 is 2.32 bits per heavy atom. The summed E-state index contributed by atoms with van der Waals surface area (Å²) in [7, 11) is 0. The maximum Gasteiger partial charge on any atom is 0.309 e. The second-order valence-corrected chi connectivity index (χ2v) is 6.19. The molecular weight excluding hydrogens is 320 g/mol. The molecule has 1 saturated heterocycles. The predicted octanol–water partition coefficient (Wildman–Crippen LogP) is 2.84. The van der Waals surface area contributed by atoms with Gasteiger partial charge in [-0.2, -0.15) is 0 Å². The Kier molecular flexibility index (Phi) is 6.98. The molecule has 0 atom stereocenters. The SMILES string of the molecule is CCCC(=O)Nc1ccc(C(=O)N2CCC(C(=O)OCC)CC2)cc1. The fourth-order valence-corrected chi connectivity index (χ4v) is 2.91. The van der Waals surface area contributed by atoms with Gasteiger partial charge in [-0.05, 0) is 50.5 Å². The molecule has 1 N–H and O–H groups in total. The number of anilines is 1. The largest absolute Gasteiger partial charge is 0.466 e. The first-order chi connectivity index (χ1) is 12.0. The molecule has 0 saturated carbocycles. The lowest BCUT2D eigenvalue weighted by Crippen LogP contribution is -2.40. The van der Waals surface area contributed by atoms with Gasteiger partial charge in [-0.25, -0.2) is 0 Å². The van der Waals surface area contributed by atoms with Crippen LogP contribution in [0.2, 0.25) is 0 Å². The summed E-state index contributed by atoms with van der Waals surface area (Å²) in [5, 5.41) is 2.80. The third-order valence-corrected chi connectivity index (χ3v) is 4.29. The number of nitrogens with one attached hydrogen (secondary N) is 1. The lowest BCUT2D eigenvalue weighted by molar-refractivity contribution is -0.149. The molecule has 1 fully saturated rings. The van der Waals surface area contributed by atoms with Crippen LogP contribution in [0.4, 0.5) is 5.69 Å². The Morgan fingerprint density at radius 2 is 1.76 bits per heavy atom. The molecule has 0 aromatic heterocycles. The number of piperidine rings is 1. The summed E-state index contributed by atoms with van der Waals surface area (Å²) in [5.41, 5.74) is 1.28. The number of nitrogens with zero attached hydrogens (tertiary/aromatic N) is 1. The average Bonchev–Trinajstić information content (AvgIpc) is 2.62. The normalized spacial score (nSPS) is 14.9. The van der Waals surface area contributed by atoms with Gasteiger partial charge >= 0.3 is 5.97 Å². The van der Waals surface area contributed by atoms with E-state index in [0.717, 1.165) is 6.42 Å². The van der Waals surface area contributed by atoms with E-state index in [-0.39, 0.29) is 23.7 Å². The molecule has 0 unspecified atom stereocenters. The summed E-state index contributed by atoms with van der Waals surface area (Å²) >= 11 is 0. The van der Waals surface area contributed by atoms with Crippen LogP contribution in [0, 0.1) is 5.92 Å². The molecule has 2 amide bonds. The monoisotopic (exact) mass is 346 g/mol. The summed E-state index contributed by atoms with van der Waals surface area (Å²) in [6, 6.07) is 6.93. The highest BCUT2D eigenvalue weighted by molar-refractivity contribution is 5.96. The first kappa shape index (κ1) is 19.0. The minimum atomic E-state index is -0.165. The third-order valence-electron chi connectivity index (χ3n) is 4.29. The van der Waals surface area contributed by atoms with Crippen LogP contribution >= 0.6 is 0 Å². The number of carbonyl (C=O) groups excluding carboxylic acids is 3. The molecule has 136 valence electrons. The van der Waals surface area contributed by atoms with E-state index < -0.39 is 0 Å². The maximum absolute atomic E-state index is 12.6. The fraction of sp³-hybridized carbons (Fsp3) is 0.526. The molecule has 2 rings (SSSR count). The van der Waals surface area contributed by atoms with Crippen molar-refractivity contribution in [2.45, 2.75) is 39.5 Å². The highest BCUT2D eigenvalue weighted by atomic mass is 16.5. The van der Waals surface area contributed by atoms with Crippen LogP contribution in [0.15, 0.2) is 24.3 Å². The lowest BCUT2D eigenvalue weighted by atomic mass is 9.96. The van der Waals surface area contributed by atoms with Crippen LogP contribution in [0.3, 0.4) is 0 Å². The second-order valence-electron chi connectivity index (χ2n) is 6.19. The molecule has 0 spiro atoms. The van der Waals surface area contributed by atoms with Crippen molar-refractivity contribution in [1.29, 1.82) is 0 Å². The van der Waals surface area contributed by atoms with Crippen LogP contribution in [0.5, 0.6) is 0 Å². The van der Waals surface area contributed by atoms with Gasteiger partial charge < -0.3 is 15.0 Å². The van der Waals surface area contributed by atoms with Crippen molar-refractivity contribution in [3.63, 3.8) is 0 Å². The van der Waals surface area contributed by atoms with E-state index in [4.69, 9.17) is 4.74 Å². The molecule has 6 heteroatoms. The molecule has 25 heavy (non-hydrogen) atoms. The molecule has 1 aliphatic rings. The first-order valence-electron chi connectivity index (χ1n) is 8.91. The topological polar surface area (TPSA) is 75.7 Å². The van der Waals surface area contributed by atoms with Gasteiger partial charge in [-0.1, -0.05) is 6.92 Å². The number of hydrogen-bond acceptors (Lipinski definition) is 4. The van der Waals surface area contributed by atoms with Crippen molar-refractivity contribution < 1.29 is 19.1 Å². The summed E-state index contributed by atoms with van der Waals surface area (Å²) in [4.78, 5) is 37.7. The van der Waals surface area contributed by atoms with E-state index in [1.165, 1.54) is 0 Å². The fourth-order valence-electron chi connectivity index (χ4n) is 2.91. The van der Waals surface area contributed by atoms with Crippen molar-refractivity contribution in [2.75, 3.05) is 25.0 Å². The Balaban J connectivity index is 1.89. The molecular formula is C19H26N2O4. The van der Waals surface area contributed by atoms with Gasteiger partial charge in [0.15, 0.2) is 0 Å². The van der Waals surface area contributed by atoms with E-state index in [1.54, 1.807) is 36.1 Å². The van der Waals surface area contributed by atoms with Crippen molar-refractivity contribution in [3.05, 3.63) is 29.8 Å². The Bertz CT molecular complexity index is 604. The van der Waals surface area contributed by atoms with E-state index in [9.17, 15) is 14.4 Å². The van der Waals surface area contributed by atoms with Crippen LogP contribution in [-0.4, -0.2) is 42.4 Å². The average molecular weight is 346 g/mol. The van der Waals surface area contributed by atoms with E-state index in [0.29, 0.717) is 50.2 Å². The zero-order valence-corrected chi connectivity index (χ0v) is 14.9. The molecule has 1 heterocycles. The van der Waals surface area contributed by atoms with Crippen LogP contribution in [0.25, 0.3) is 0 Å². The maximum atomic E-state index is 12.6. The Morgan fingerprint density at radius 1 is 1.12 bits per heavy atom. The van der Waals surface area contributed by atoms with Gasteiger partial charge in [-0.3, -0.25) is 14.4 Å². The van der Waals surface area contributed by atoms with Gasteiger partial charge in [0.2, 0.25) is 5.91 Å². The number of hydrogen-bond donors (Lipinski definition) is 1. The molecule has 1 aromatic rings. The van der Waals surface area contributed by atoms with Crippen molar-refractivity contribution in [2.24, 2.45) is 5.92 Å². The standard InChI is InChI=1S/C19H26N2O4/c1-3-5-17(22)20-16-8-6-14(7-9-16)18(23)21-12-10-15(11-13-21)19(24)25-4-2/h6-9,15H,3-5,10-13H2,1-2H3,(H,20,22). The number of likely N-dealkylation sites (tertiary alicyclic amines) is 1. The molecule has 1 aliphatic heterocycles. The van der Waals surface area contributed by atoms with Crippen LogP contribution in [0.1, 0.15) is 49.9 Å². The van der Waals surface area contributed by atoms with Gasteiger partial charge in [0.25, 0.3) is 5.91 Å². The summed E-state index contributed by atoms with van der Waals surface area (Å²) in [6.45, 7) is 5.24. The van der Waals surface area contributed by atoms with Crippen molar-refractivity contribution >= 4 is 23.5 Å². The zero-order chi connectivity index (χ0) is 18.2. The molecule has 0 bridgehead atoms. The minimum Gasteiger partial charge on any atom is -0.466 e. The van der Waals surface area contributed by atoms with Gasteiger partial charge in [-0.15, -0.1) is 0 Å². The molecule has 1 aromatic carbocycles. The first-order valence-corrected chi connectivity index (χ1v) is 8.91. The van der Waals surface area contributed by atoms with Crippen LogP contribution < -0.4 is 5.32 Å². The Hall–Kier alpha value is -2.37. The molecule has 6 nitrogen and oxygen atoms in total. The number of rotatable bonds is 6. The smallest absolute Gasteiger partial charge is 0.309 e. The van der Waals surface area contributed by atoms with Gasteiger partial charge in [0.05, 0.1) is 12.5 Å². The number of esters is 1.